The van der Waals surface area contributed by atoms with Crippen LogP contribution < -0.4 is 5.32 Å². The maximum Gasteiger partial charge on any atom is 0.453 e. The lowest BCUT2D eigenvalue weighted by atomic mass is 10.3. The van der Waals surface area contributed by atoms with Crippen molar-refractivity contribution in [2.24, 2.45) is 0 Å². The Balaban J connectivity index is 1.76. The lowest BCUT2D eigenvalue weighted by molar-refractivity contribution is -0.144. The van der Waals surface area contributed by atoms with Gasteiger partial charge in [0, 0.05) is 11.8 Å². The average Bonchev–Trinajstić information content (AvgIpc) is 3.20. The summed E-state index contributed by atoms with van der Waals surface area (Å²) in [6, 6.07) is 11.1. The number of nitrogens with zero attached hydrogens (tertiary/aromatic N) is 6. The molecule has 0 aliphatic carbocycles. The van der Waals surface area contributed by atoms with Gasteiger partial charge in [0.05, 0.1) is 23.3 Å². The molecule has 4 rings (SSSR count). The van der Waals surface area contributed by atoms with Gasteiger partial charge in [-0.15, -0.1) is 5.10 Å². The summed E-state index contributed by atoms with van der Waals surface area (Å²) < 4.78 is 41.6. The Morgan fingerprint density at radius 1 is 1.04 bits per heavy atom. The van der Waals surface area contributed by atoms with Gasteiger partial charge in [-0.25, -0.2) is 9.67 Å². The molecule has 0 amide bonds. The largest absolute Gasteiger partial charge is 0.453 e. The van der Waals surface area contributed by atoms with Gasteiger partial charge >= 0.3 is 6.18 Å². The zero-order valence-corrected chi connectivity index (χ0v) is 14.4. The number of halogens is 3. The van der Waals surface area contributed by atoms with E-state index in [2.05, 4.69) is 25.5 Å². The first-order valence-electron chi connectivity index (χ1n) is 8.01. The topological polar surface area (TPSA) is 72.9 Å². The highest BCUT2D eigenvalue weighted by Gasteiger charge is 2.36. The molecule has 0 aliphatic heterocycles. The van der Waals surface area contributed by atoms with Crippen LogP contribution in [0.5, 0.6) is 0 Å². The van der Waals surface area contributed by atoms with Crippen LogP contribution in [0.3, 0.4) is 0 Å². The molecular formula is C17H14F3N7. The summed E-state index contributed by atoms with van der Waals surface area (Å²) in [5.74, 6) is -1.05. The van der Waals surface area contributed by atoms with Crippen LogP contribution in [0.1, 0.15) is 17.2 Å². The minimum absolute atomic E-state index is 0.127. The van der Waals surface area contributed by atoms with Gasteiger partial charge in [0.25, 0.3) is 11.6 Å². The lowest BCUT2D eigenvalue weighted by Crippen LogP contribution is -2.08. The summed E-state index contributed by atoms with van der Waals surface area (Å²) in [5, 5.41) is 11.0. The van der Waals surface area contributed by atoms with Crippen molar-refractivity contribution in [3.8, 4) is 5.69 Å². The Morgan fingerprint density at radius 3 is 2.48 bits per heavy atom. The zero-order chi connectivity index (χ0) is 19.2. The third-order valence-electron chi connectivity index (χ3n) is 3.97. The summed E-state index contributed by atoms with van der Waals surface area (Å²) in [7, 11) is 0. The van der Waals surface area contributed by atoms with Crippen LogP contribution in [0.15, 0.2) is 42.6 Å². The predicted octanol–water partition coefficient (Wildman–Crippen LogP) is 3.69. The molecule has 3 aromatic heterocycles. The minimum Gasteiger partial charge on any atom is -0.337 e. The number of hydrogen-bond acceptors (Lipinski definition) is 5. The van der Waals surface area contributed by atoms with Crippen LogP contribution in [0.2, 0.25) is 0 Å². The highest BCUT2D eigenvalue weighted by molar-refractivity contribution is 5.61. The molecule has 0 aliphatic rings. The fourth-order valence-corrected chi connectivity index (χ4v) is 2.70. The quantitative estimate of drug-likeness (QED) is 0.593. The Bertz CT molecular complexity index is 1110. The van der Waals surface area contributed by atoms with E-state index in [1.807, 2.05) is 37.3 Å². The van der Waals surface area contributed by atoms with Gasteiger partial charge in [0.1, 0.15) is 5.82 Å². The van der Waals surface area contributed by atoms with Gasteiger partial charge in [-0.2, -0.15) is 27.8 Å². The summed E-state index contributed by atoms with van der Waals surface area (Å²) in [4.78, 5) is 7.49. The molecule has 3 heterocycles. The Labute approximate surface area is 151 Å². The summed E-state index contributed by atoms with van der Waals surface area (Å²) in [5.41, 5.74) is 2.81. The second-order valence-electron chi connectivity index (χ2n) is 5.94. The smallest absolute Gasteiger partial charge is 0.337 e. The minimum atomic E-state index is -4.65. The van der Waals surface area contributed by atoms with Crippen molar-refractivity contribution in [1.29, 1.82) is 0 Å². The van der Waals surface area contributed by atoms with Crippen LogP contribution in [-0.2, 0) is 6.18 Å². The Hall–Kier alpha value is -3.43. The fourth-order valence-electron chi connectivity index (χ4n) is 2.70. The third-order valence-corrected chi connectivity index (χ3v) is 3.97. The number of benzene rings is 1. The van der Waals surface area contributed by atoms with Crippen molar-refractivity contribution in [2.45, 2.75) is 20.0 Å². The molecule has 0 unspecified atom stereocenters. The highest BCUT2D eigenvalue weighted by atomic mass is 19.4. The van der Waals surface area contributed by atoms with Gasteiger partial charge in [-0.3, -0.25) is 0 Å². The van der Waals surface area contributed by atoms with Gasteiger partial charge in [0.15, 0.2) is 0 Å². The molecule has 138 valence electrons. The molecule has 1 aromatic carbocycles. The lowest BCUT2D eigenvalue weighted by Gasteiger charge is -2.09. The molecular weight excluding hydrogens is 359 g/mol. The van der Waals surface area contributed by atoms with Gasteiger partial charge in [-0.05, 0) is 26.0 Å². The van der Waals surface area contributed by atoms with Gasteiger partial charge in [-0.1, -0.05) is 18.2 Å². The number of nitrogens with one attached hydrogen (secondary N) is 1. The zero-order valence-electron chi connectivity index (χ0n) is 14.4. The van der Waals surface area contributed by atoms with E-state index in [1.54, 1.807) is 23.9 Å². The molecule has 0 radical (unpaired) electrons. The van der Waals surface area contributed by atoms with Crippen molar-refractivity contribution in [2.75, 3.05) is 5.32 Å². The normalized spacial score (nSPS) is 11.9. The van der Waals surface area contributed by atoms with E-state index in [1.165, 1.54) is 0 Å². The Morgan fingerprint density at radius 2 is 1.78 bits per heavy atom. The first-order chi connectivity index (χ1) is 12.8. The van der Waals surface area contributed by atoms with Crippen molar-refractivity contribution in [3.05, 3.63) is 59.8 Å². The molecule has 1 N–H and O–H groups in total. The van der Waals surface area contributed by atoms with Crippen molar-refractivity contribution < 1.29 is 13.2 Å². The van der Waals surface area contributed by atoms with Crippen LogP contribution in [0, 0.1) is 13.8 Å². The Kier molecular flexibility index (Phi) is 3.83. The molecule has 4 aromatic rings. The third kappa shape index (κ3) is 3.09. The second kappa shape index (κ2) is 6.08. The maximum absolute atomic E-state index is 12.9. The predicted molar refractivity (Wildman–Crippen MR) is 92.1 cm³/mol. The molecule has 10 heteroatoms. The molecule has 0 fully saturated rings. The highest BCUT2D eigenvalue weighted by Crippen LogP contribution is 2.28. The number of para-hydroxylation sites is 1. The molecule has 7 nitrogen and oxygen atoms in total. The summed E-state index contributed by atoms with van der Waals surface area (Å²) >= 11 is 0. The van der Waals surface area contributed by atoms with Crippen LogP contribution in [0.4, 0.5) is 24.7 Å². The standard InChI is InChI=1S/C17H14F3N7/c1-10-8-14(27-16(22-10)24-15(25-27)17(18,19)20)23-13-9-21-26(11(13)2)12-6-4-3-5-7-12/h3-9,23H,1-2H3. The first kappa shape index (κ1) is 17.0. The number of hydrogen-bond donors (Lipinski definition) is 1. The van der Waals surface area contributed by atoms with Crippen LogP contribution >= 0.6 is 0 Å². The van der Waals surface area contributed by atoms with Gasteiger partial charge < -0.3 is 5.32 Å². The molecule has 0 atom stereocenters. The van der Waals surface area contributed by atoms with Crippen molar-refractivity contribution in [3.63, 3.8) is 0 Å². The summed E-state index contributed by atoms with van der Waals surface area (Å²) in [6.45, 7) is 3.53. The van der Waals surface area contributed by atoms with Crippen molar-refractivity contribution in [1.82, 2.24) is 29.4 Å². The van der Waals surface area contributed by atoms with E-state index in [4.69, 9.17) is 0 Å². The van der Waals surface area contributed by atoms with E-state index in [-0.39, 0.29) is 5.78 Å². The number of fused-ring (bicyclic) bond motifs is 1. The maximum atomic E-state index is 12.9. The monoisotopic (exact) mass is 373 g/mol. The van der Waals surface area contributed by atoms with E-state index < -0.39 is 12.0 Å². The molecule has 0 spiro atoms. The molecule has 0 saturated carbocycles. The second-order valence-corrected chi connectivity index (χ2v) is 5.94. The summed E-state index contributed by atoms with van der Waals surface area (Å²) in [6.07, 6.45) is -3.04. The number of anilines is 2. The number of aryl methyl sites for hydroxylation is 1. The van der Waals surface area contributed by atoms with Gasteiger partial charge in [0.2, 0.25) is 0 Å². The van der Waals surface area contributed by atoms with E-state index in [9.17, 15) is 13.2 Å². The molecule has 0 saturated heterocycles. The first-order valence-corrected chi connectivity index (χ1v) is 8.01. The van der Waals surface area contributed by atoms with Crippen LogP contribution in [0.25, 0.3) is 11.5 Å². The number of alkyl halides is 3. The van der Waals surface area contributed by atoms with E-state index in [0.717, 1.165) is 15.9 Å². The number of aromatic nitrogens is 6. The van der Waals surface area contributed by atoms with Crippen LogP contribution in [-0.4, -0.2) is 29.4 Å². The molecule has 27 heavy (non-hydrogen) atoms. The molecule has 0 bridgehead atoms. The van der Waals surface area contributed by atoms with E-state index in [0.29, 0.717) is 17.2 Å². The van der Waals surface area contributed by atoms with Crippen molar-refractivity contribution >= 4 is 17.3 Å². The fraction of sp³-hybridized carbons (Fsp3) is 0.176. The average molecular weight is 373 g/mol. The van der Waals surface area contributed by atoms with E-state index >= 15 is 0 Å². The SMILES string of the molecule is Cc1cc(Nc2cnn(-c3ccccc3)c2C)n2nc(C(F)(F)F)nc2n1. The number of rotatable bonds is 3.